The Morgan fingerprint density at radius 1 is 1.33 bits per heavy atom. The van der Waals surface area contributed by atoms with Crippen molar-refractivity contribution >= 4 is 0 Å². The van der Waals surface area contributed by atoms with Gasteiger partial charge in [-0.05, 0) is 24.9 Å². The lowest BCUT2D eigenvalue weighted by Crippen LogP contribution is -2.38. The molecule has 1 aromatic rings. The van der Waals surface area contributed by atoms with Crippen LogP contribution in [0.5, 0.6) is 0 Å². The van der Waals surface area contributed by atoms with Crippen LogP contribution in [0.2, 0.25) is 0 Å². The first-order valence-electron chi connectivity index (χ1n) is 7.43. The minimum absolute atomic E-state index is 0.571. The second kappa shape index (κ2) is 8.30. The molecule has 0 bridgehead atoms. The maximum absolute atomic E-state index is 4.51. The quantitative estimate of drug-likeness (QED) is 0.730. The van der Waals surface area contributed by atoms with E-state index in [-0.39, 0.29) is 0 Å². The van der Waals surface area contributed by atoms with E-state index in [2.05, 4.69) is 37.3 Å². The molecule has 104 valence electrons. The highest BCUT2D eigenvalue weighted by Crippen LogP contribution is 2.19. The Morgan fingerprint density at radius 3 is 2.61 bits per heavy atom. The molecule has 0 spiro atoms. The number of hydrogen-bond acceptors (Lipinski definition) is 2. The lowest BCUT2D eigenvalue weighted by Gasteiger charge is -2.26. The summed E-state index contributed by atoms with van der Waals surface area (Å²) in [4.78, 5) is 0. The molecular formula is C15H29N3. The highest BCUT2D eigenvalue weighted by Gasteiger charge is 2.19. The first-order chi connectivity index (χ1) is 8.71. The van der Waals surface area contributed by atoms with Crippen molar-refractivity contribution in [3.63, 3.8) is 0 Å². The van der Waals surface area contributed by atoms with Crippen LogP contribution in [0.15, 0.2) is 12.3 Å². The van der Waals surface area contributed by atoms with Gasteiger partial charge in [0.2, 0.25) is 0 Å². The molecule has 1 heterocycles. The van der Waals surface area contributed by atoms with Crippen molar-refractivity contribution in [2.75, 3.05) is 6.54 Å². The van der Waals surface area contributed by atoms with Crippen molar-refractivity contribution < 1.29 is 0 Å². The molecule has 1 aromatic heterocycles. The summed E-state index contributed by atoms with van der Waals surface area (Å²) in [5.41, 5.74) is 1.21. The third-order valence-corrected chi connectivity index (χ3v) is 3.69. The molecule has 2 unspecified atom stereocenters. The minimum atomic E-state index is 0.571. The maximum Gasteiger partial charge on any atom is 0.0640 e. The van der Waals surface area contributed by atoms with E-state index in [9.17, 15) is 0 Å². The van der Waals surface area contributed by atoms with Gasteiger partial charge in [-0.25, -0.2) is 0 Å². The minimum Gasteiger partial charge on any atom is -0.314 e. The van der Waals surface area contributed by atoms with Crippen LogP contribution in [0.25, 0.3) is 0 Å². The van der Waals surface area contributed by atoms with Crippen LogP contribution in [0.1, 0.15) is 52.1 Å². The van der Waals surface area contributed by atoms with Crippen LogP contribution in [-0.2, 0) is 13.5 Å². The Hall–Kier alpha value is -0.830. The van der Waals surface area contributed by atoms with Gasteiger partial charge >= 0.3 is 0 Å². The lowest BCUT2D eigenvalue weighted by atomic mass is 9.88. The third kappa shape index (κ3) is 4.81. The molecule has 1 N–H and O–H groups in total. The molecule has 18 heavy (non-hydrogen) atoms. The van der Waals surface area contributed by atoms with Gasteiger partial charge in [0.05, 0.1) is 5.69 Å². The number of hydrogen-bond donors (Lipinski definition) is 1. The third-order valence-electron chi connectivity index (χ3n) is 3.69. The monoisotopic (exact) mass is 251 g/mol. The van der Waals surface area contributed by atoms with Crippen molar-refractivity contribution in [3.05, 3.63) is 18.0 Å². The fraction of sp³-hybridized carbons (Fsp3) is 0.800. The Balaban J connectivity index is 2.61. The molecule has 0 saturated heterocycles. The highest BCUT2D eigenvalue weighted by atomic mass is 15.2. The van der Waals surface area contributed by atoms with Crippen molar-refractivity contribution in [1.29, 1.82) is 0 Å². The predicted octanol–water partition coefficient (Wildman–Crippen LogP) is 3.16. The van der Waals surface area contributed by atoms with E-state index in [1.54, 1.807) is 0 Å². The maximum atomic E-state index is 4.51. The van der Waals surface area contributed by atoms with Crippen LogP contribution in [-0.4, -0.2) is 22.4 Å². The van der Waals surface area contributed by atoms with Crippen molar-refractivity contribution in [1.82, 2.24) is 15.1 Å². The van der Waals surface area contributed by atoms with Gasteiger partial charge in [0, 0.05) is 25.7 Å². The Labute approximate surface area is 112 Å². The second-order valence-corrected chi connectivity index (χ2v) is 5.16. The molecule has 0 aliphatic carbocycles. The van der Waals surface area contributed by atoms with E-state index in [4.69, 9.17) is 0 Å². The summed E-state index contributed by atoms with van der Waals surface area (Å²) >= 11 is 0. The van der Waals surface area contributed by atoms with Crippen molar-refractivity contribution in [2.24, 2.45) is 13.0 Å². The van der Waals surface area contributed by atoms with Gasteiger partial charge in [-0.2, -0.15) is 5.10 Å². The topological polar surface area (TPSA) is 29.9 Å². The van der Waals surface area contributed by atoms with Gasteiger partial charge in [0.25, 0.3) is 0 Å². The molecule has 2 atom stereocenters. The van der Waals surface area contributed by atoms with Crippen molar-refractivity contribution in [2.45, 2.75) is 58.9 Å². The normalized spacial score (nSPS) is 14.7. The molecule has 3 heteroatoms. The zero-order valence-electron chi connectivity index (χ0n) is 12.4. The Bertz CT molecular complexity index is 319. The van der Waals surface area contributed by atoms with Crippen molar-refractivity contribution in [3.8, 4) is 0 Å². The zero-order valence-corrected chi connectivity index (χ0v) is 12.4. The number of nitrogens with one attached hydrogen (secondary N) is 1. The largest absolute Gasteiger partial charge is 0.314 e. The van der Waals surface area contributed by atoms with E-state index in [0.717, 1.165) is 18.9 Å². The van der Waals surface area contributed by atoms with Gasteiger partial charge in [-0.15, -0.1) is 0 Å². The van der Waals surface area contributed by atoms with Gasteiger partial charge in [-0.1, -0.05) is 40.0 Å². The molecular weight excluding hydrogens is 222 g/mol. The van der Waals surface area contributed by atoms with E-state index in [1.165, 1.54) is 31.4 Å². The first kappa shape index (κ1) is 15.2. The highest BCUT2D eigenvalue weighted by molar-refractivity contribution is 5.02. The molecule has 1 rings (SSSR count). The number of aromatic nitrogens is 2. The van der Waals surface area contributed by atoms with E-state index >= 15 is 0 Å². The summed E-state index contributed by atoms with van der Waals surface area (Å²) in [5.74, 6) is 0.770. The predicted molar refractivity (Wildman–Crippen MR) is 77.7 cm³/mol. The summed E-state index contributed by atoms with van der Waals surface area (Å²) < 4.78 is 1.89. The SMILES string of the molecule is CCCCC(CC)C(Cc1ccn(C)n1)NCC. The van der Waals surface area contributed by atoms with E-state index < -0.39 is 0 Å². The van der Waals surface area contributed by atoms with Crippen LogP contribution in [0.3, 0.4) is 0 Å². The van der Waals surface area contributed by atoms with Gasteiger partial charge in [0.1, 0.15) is 0 Å². The van der Waals surface area contributed by atoms with Crippen LogP contribution >= 0.6 is 0 Å². The Kier molecular flexibility index (Phi) is 7.02. The fourth-order valence-corrected chi connectivity index (χ4v) is 2.62. The Morgan fingerprint density at radius 2 is 2.11 bits per heavy atom. The van der Waals surface area contributed by atoms with Crippen LogP contribution in [0, 0.1) is 5.92 Å². The first-order valence-corrected chi connectivity index (χ1v) is 7.43. The van der Waals surface area contributed by atoms with Gasteiger partial charge in [0.15, 0.2) is 0 Å². The molecule has 0 aromatic carbocycles. The molecule has 0 amide bonds. The number of rotatable bonds is 9. The second-order valence-electron chi connectivity index (χ2n) is 5.16. The van der Waals surface area contributed by atoms with E-state index in [1.807, 2.05) is 17.9 Å². The molecule has 0 aliphatic heterocycles. The molecule has 0 saturated carbocycles. The molecule has 0 radical (unpaired) electrons. The van der Waals surface area contributed by atoms with Crippen LogP contribution in [0.4, 0.5) is 0 Å². The lowest BCUT2D eigenvalue weighted by molar-refractivity contribution is 0.317. The standard InChI is InChI=1S/C15H29N3/c1-5-8-9-13(6-2)15(16-7-3)12-14-10-11-18(4)17-14/h10-11,13,15-16H,5-9,12H2,1-4H3. The van der Waals surface area contributed by atoms with E-state index in [0.29, 0.717) is 6.04 Å². The average Bonchev–Trinajstić information content (AvgIpc) is 2.76. The smallest absolute Gasteiger partial charge is 0.0640 e. The summed E-state index contributed by atoms with van der Waals surface area (Å²) in [6.07, 6.45) is 8.30. The number of aryl methyl sites for hydroxylation is 1. The number of likely N-dealkylation sites (N-methyl/N-ethyl adjacent to an activating group) is 1. The van der Waals surface area contributed by atoms with Gasteiger partial charge < -0.3 is 5.32 Å². The molecule has 0 fully saturated rings. The fourth-order valence-electron chi connectivity index (χ4n) is 2.62. The average molecular weight is 251 g/mol. The molecule has 3 nitrogen and oxygen atoms in total. The van der Waals surface area contributed by atoms with Gasteiger partial charge in [-0.3, -0.25) is 4.68 Å². The number of nitrogens with zero attached hydrogens (tertiary/aromatic N) is 2. The molecule has 0 aliphatic rings. The number of unbranched alkanes of at least 4 members (excludes halogenated alkanes) is 1. The zero-order chi connectivity index (χ0) is 13.4. The summed E-state index contributed by atoms with van der Waals surface area (Å²) in [7, 11) is 1.99. The summed E-state index contributed by atoms with van der Waals surface area (Å²) in [6.45, 7) is 7.81. The summed E-state index contributed by atoms with van der Waals surface area (Å²) in [5, 5.41) is 8.16. The summed E-state index contributed by atoms with van der Waals surface area (Å²) in [6, 6.07) is 2.71. The van der Waals surface area contributed by atoms with Crippen LogP contribution < -0.4 is 5.32 Å².